The molecule has 1 amide bonds. The monoisotopic (exact) mass is 295 g/mol. The smallest absolute Gasteiger partial charge is 0.230 e. The summed E-state index contributed by atoms with van der Waals surface area (Å²) in [6.07, 6.45) is 0.799. The SMILES string of the molecule is CC(C)(C(=O)N[C@H]1CCOc2ccccc21)c1ccccc1. The number of amides is 1. The van der Waals surface area contributed by atoms with Gasteiger partial charge in [-0.1, -0.05) is 48.5 Å². The van der Waals surface area contributed by atoms with Gasteiger partial charge in [-0.2, -0.15) is 0 Å². The fourth-order valence-electron chi connectivity index (χ4n) is 2.82. The lowest BCUT2D eigenvalue weighted by Gasteiger charge is -2.31. The van der Waals surface area contributed by atoms with Crippen molar-refractivity contribution in [2.75, 3.05) is 6.61 Å². The average Bonchev–Trinajstić information content (AvgIpc) is 2.56. The lowest BCUT2D eigenvalue weighted by molar-refractivity contribution is -0.126. The molecule has 1 N–H and O–H groups in total. The van der Waals surface area contributed by atoms with Crippen molar-refractivity contribution >= 4 is 5.91 Å². The minimum atomic E-state index is -0.561. The van der Waals surface area contributed by atoms with Crippen molar-refractivity contribution in [2.24, 2.45) is 0 Å². The van der Waals surface area contributed by atoms with Crippen LogP contribution in [-0.4, -0.2) is 12.5 Å². The molecule has 22 heavy (non-hydrogen) atoms. The van der Waals surface area contributed by atoms with Crippen molar-refractivity contribution in [3.05, 3.63) is 65.7 Å². The van der Waals surface area contributed by atoms with E-state index in [-0.39, 0.29) is 11.9 Å². The highest BCUT2D eigenvalue weighted by molar-refractivity contribution is 5.87. The highest BCUT2D eigenvalue weighted by atomic mass is 16.5. The molecule has 0 saturated heterocycles. The molecule has 0 aliphatic carbocycles. The Labute approximate surface area is 131 Å². The topological polar surface area (TPSA) is 38.3 Å². The van der Waals surface area contributed by atoms with Gasteiger partial charge in [-0.3, -0.25) is 4.79 Å². The van der Waals surface area contributed by atoms with Gasteiger partial charge in [0.15, 0.2) is 0 Å². The molecule has 1 aliphatic rings. The van der Waals surface area contributed by atoms with E-state index in [1.165, 1.54) is 0 Å². The van der Waals surface area contributed by atoms with Crippen LogP contribution in [0.5, 0.6) is 5.75 Å². The summed E-state index contributed by atoms with van der Waals surface area (Å²) < 4.78 is 5.65. The Morgan fingerprint density at radius 3 is 2.55 bits per heavy atom. The van der Waals surface area contributed by atoms with Crippen LogP contribution in [0.4, 0.5) is 0 Å². The first-order chi connectivity index (χ1) is 10.6. The van der Waals surface area contributed by atoms with E-state index in [0.717, 1.165) is 23.3 Å². The summed E-state index contributed by atoms with van der Waals surface area (Å²) in [5.74, 6) is 0.914. The van der Waals surface area contributed by atoms with Crippen LogP contribution in [0.3, 0.4) is 0 Å². The number of rotatable bonds is 3. The zero-order chi connectivity index (χ0) is 15.6. The maximum atomic E-state index is 12.8. The van der Waals surface area contributed by atoms with Crippen LogP contribution >= 0.6 is 0 Å². The molecule has 2 aromatic carbocycles. The summed E-state index contributed by atoms with van der Waals surface area (Å²) in [4.78, 5) is 12.8. The van der Waals surface area contributed by atoms with Crippen molar-refractivity contribution in [2.45, 2.75) is 31.7 Å². The molecule has 3 heteroatoms. The van der Waals surface area contributed by atoms with E-state index < -0.39 is 5.41 Å². The molecule has 1 aliphatic heterocycles. The Morgan fingerprint density at radius 1 is 1.09 bits per heavy atom. The van der Waals surface area contributed by atoms with Gasteiger partial charge in [0.25, 0.3) is 0 Å². The first-order valence-corrected chi connectivity index (χ1v) is 7.67. The van der Waals surface area contributed by atoms with Gasteiger partial charge in [0.1, 0.15) is 5.75 Å². The maximum absolute atomic E-state index is 12.8. The predicted octanol–water partition coefficient (Wildman–Crippen LogP) is 3.60. The third-order valence-electron chi connectivity index (χ3n) is 4.33. The van der Waals surface area contributed by atoms with Gasteiger partial charge in [-0.15, -0.1) is 0 Å². The number of fused-ring (bicyclic) bond motifs is 1. The number of para-hydroxylation sites is 1. The number of carbonyl (C=O) groups is 1. The predicted molar refractivity (Wildman–Crippen MR) is 86.9 cm³/mol. The highest BCUT2D eigenvalue weighted by Crippen LogP contribution is 2.33. The summed E-state index contributed by atoms with van der Waals surface area (Å²) in [6.45, 7) is 4.56. The van der Waals surface area contributed by atoms with E-state index in [4.69, 9.17) is 4.74 Å². The molecule has 1 heterocycles. The molecule has 0 saturated carbocycles. The van der Waals surface area contributed by atoms with Gasteiger partial charge >= 0.3 is 0 Å². The molecule has 3 rings (SSSR count). The second kappa shape index (κ2) is 5.84. The first-order valence-electron chi connectivity index (χ1n) is 7.67. The number of benzene rings is 2. The van der Waals surface area contributed by atoms with E-state index in [1.54, 1.807) is 0 Å². The Balaban J connectivity index is 1.81. The van der Waals surface area contributed by atoms with Gasteiger partial charge in [0.2, 0.25) is 5.91 Å². The maximum Gasteiger partial charge on any atom is 0.230 e. The van der Waals surface area contributed by atoms with Gasteiger partial charge in [0.05, 0.1) is 18.1 Å². The summed E-state index contributed by atoms with van der Waals surface area (Å²) in [6, 6.07) is 17.8. The van der Waals surface area contributed by atoms with Crippen LogP contribution in [0.1, 0.15) is 37.4 Å². The van der Waals surface area contributed by atoms with Crippen LogP contribution in [0.25, 0.3) is 0 Å². The van der Waals surface area contributed by atoms with Crippen molar-refractivity contribution in [3.63, 3.8) is 0 Å². The summed E-state index contributed by atoms with van der Waals surface area (Å²) in [7, 11) is 0. The van der Waals surface area contributed by atoms with Crippen LogP contribution in [-0.2, 0) is 10.2 Å². The molecule has 0 aromatic heterocycles. The molecule has 114 valence electrons. The van der Waals surface area contributed by atoms with Gasteiger partial charge < -0.3 is 10.1 Å². The average molecular weight is 295 g/mol. The van der Waals surface area contributed by atoms with Crippen LogP contribution in [0.2, 0.25) is 0 Å². The van der Waals surface area contributed by atoms with E-state index in [1.807, 2.05) is 68.4 Å². The minimum absolute atomic E-state index is 0.0143. The van der Waals surface area contributed by atoms with E-state index in [9.17, 15) is 4.79 Å². The van der Waals surface area contributed by atoms with Gasteiger partial charge in [-0.05, 0) is 25.5 Å². The third kappa shape index (κ3) is 2.71. The molecule has 1 atom stereocenters. The Hall–Kier alpha value is -2.29. The highest BCUT2D eigenvalue weighted by Gasteiger charge is 2.32. The summed E-state index contributed by atoms with van der Waals surface area (Å²) in [5, 5.41) is 3.19. The quantitative estimate of drug-likeness (QED) is 0.939. The molecule has 3 nitrogen and oxygen atoms in total. The Kier molecular flexibility index (Phi) is 3.88. The number of hydrogen-bond acceptors (Lipinski definition) is 2. The van der Waals surface area contributed by atoms with Crippen LogP contribution < -0.4 is 10.1 Å². The van der Waals surface area contributed by atoms with Gasteiger partial charge in [0, 0.05) is 12.0 Å². The second-order valence-corrected chi connectivity index (χ2v) is 6.19. The van der Waals surface area contributed by atoms with Crippen molar-refractivity contribution in [1.82, 2.24) is 5.32 Å². The van der Waals surface area contributed by atoms with Crippen molar-refractivity contribution in [1.29, 1.82) is 0 Å². The molecular formula is C19H21NO2. The zero-order valence-corrected chi connectivity index (χ0v) is 13.0. The molecule has 2 aromatic rings. The molecule has 0 fully saturated rings. The second-order valence-electron chi connectivity index (χ2n) is 6.19. The minimum Gasteiger partial charge on any atom is -0.493 e. The Bertz CT molecular complexity index is 664. The number of carbonyl (C=O) groups excluding carboxylic acids is 1. The molecular weight excluding hydrogens is 274 g/mol. The lowest BCUT2D eigenvalue weighted by atomic mass is 9.83. The normalized spacial score (nSPS) is 17.3. The molecule has 0 unspecified atom stereocenters. The summed E-state index contributed by atoms with van der Waals surface area (Å²) >= 11 is 0. The standard InChI is InChI=1S/C19H21NO2/c1-19(2,14-8-4-3-5-9-14)18(21)20-16-12-13-22-17-11-7-6-10-15(16)17/h3-11,16H,12-13H2,1-2H3,(H,20,21)/t16-/m0/s1. The number of ether oxygens (including phenoxy) is 1. The van der Waals surface area contributed by atoms with Crippen LogP contribution in [0.15, 0.2) is 54.6 Å². The van der Waals surface area contributed by atoms with E-state index in [0.29, 0.717) is 6.61 Å². The fraction of sp³-hybridized carbons (Fsp3) is 0.316. The molecule has 0 radical (unpaired) electrons. The fourth-order valence-corrected chi connectivity index (χ4v) is 2.82. The largest absolute Gasteiger partial charge is 0.493 e. The van der Waals surface area contributed by atoms with Gasteiger partial charge in [-0.25, -0.2) is 0 Å². The number of nitrogens with one attached hydrogen (secondary N) is 1. The van der Waals surface area contributed by atoms with E-state index in [2.05, 4.69) is 5.32 Å². The lowest BCUT2D eigenvalue weighted by Crippen LogP contribution is -2.43. The van der Waals surface area contributed by atoms with Crippen molar-refractivity contribution < 1.29 is 9.53 Å². The Morgan fingerprint density at radius 2 is 1.77 bits per heavy atom. The molecule has 0 spiro atoms. The van der Waals surface area contributed by atoms with Crippen LogP contribution in [0, 0.1) is 0 Å². The van der Waals surface area contributed by atoms with E-state index >= 15 is 0 Å². The number of hydrogen-bond donors (Lipinski definition) is 1. The zero-order valence-electron chi connectivity index (χ0n) is 13.0. The molecule has 0 bridgehead atoms. The first kappa shape index (κ1) is 14.6. The third-order valence-corrected chi connectivity index (χ3v) is 4.33. The van der Waals surface area contributed by atoms with Crippen molar-refractivity contribution in [3.8, 4) is 5.75 Å². The summed E-state index contributed by atoms with van der Waals surface area (Å²) in [5.41, 5.74) is 1.52.